The van der Waals surface area contributed by atoms with Crippen LogP contribution in [0.25, 0.3) is 0 Å². The van der Waals surface area contributed by atoms with Gasteiger partial charge in [-0.3, -0.25) is 0 Å². The highest BCUT2D eigenvalue weighted by Crippen LogP contribution is 2.22. The van der Waals surface area contributed by atoms with E-state index in [2.05, 4.69) is 5.32 Å². The molecule has 0 spiro atoms. The fourth-order valence-electron chi connectivity index (χ4n) is 3.81. The van der Waals surface area contributed by atoms with Gasteiger partial charge in [0.15, 0.2) is 0 Å². The van der Waals surface area contributed by atoms with Crippen LogP contribution in [-0.4, -0.2) is 68.4 Å². The molecule has 0 bridgehead atoms. The van der Waals surface area contributed by atoms with Crippen LogP contribution in [0.5, 0.6) is 5.75 Å². The maximum absolute atomic E-state index is 12.2. The van der Waals surface area contributed by atoms with Gasteiger partial charge in [-0.15, -0.1) is 0 Å². The number of nitrogens with zero attached hydrogens (tertiary/aromatic N) is 1. The van der Waals surface area contributed by atoms with Crippen molar-refractivity contribution in [3.63, 3.8) is 0 Å². The summed E-state index contributed by atoms with van der Waals surface area (Å²) in [5.74, 6) is 0.0337. The molecular formula is C27H42N2O6S. The van der Waals surface area contributed by atoms with E-state index in [4.69, 9.17) is 4.74 Å². The smallest absolute Gasteiger partial charge is 0.242 e. The summed E-state index contributed by atoms with van der Waals surface area (Å²) in [6.07, 6.45) is 6.27. The molecular weight excluding hydrogens is 480 g/mol. The molecule has 8 nitrogen and oxygen atoms in total. The molecule has 0 amide bonds. The second-order valence-corrected chi connectivity index (χ2v) is 11.3. The first kappa shape index (κ1) is 30.2. The zero-order valence-electron chi connectivity index (χ0n) is 21.5. The first-order chi connectivity index (χ1) is 17.3. The molecule has 0 aliphatic carbocycles. The van der Waals surface area contributed by atoms with Crippen molar-refractivity contribution in [2.24, 2.45) is 0 Å². The predicted octanol–water partition coefficient (Wildman–Crippen LogP) is 3.36. The van der Waals surface area contributed by atoms with Gasteiger partial charge in [0, 0.05) is 39.4 Å². The van der Waals surface area contributed by atoms with Crippen molar-refractivity contribution in [3.05, 3.63) is 59.2 Å². The highest BCUT2D eigenvalue weighted by Gasteiger charge is 2.17. The van der Waals surface area contributed by atoms with E-state index in [-0.39, 0.29) is 12.4 Å². The highest BCUT2D eigenvalue weighted by atomic mass is 32.2. The summed E-state index contributed by atoms with van der Waals surface area (Å²) in [6, 6.07) is 11.9. The molecule has 1 atom stereocenters. The van der Waals surface area contributed by atoms with Crippen molar-refractivity contribution >= 4 is 10.0 Å². The standard InChI is InChI=1S/C27H42N2O6S/c1-29(2)36(33,34)25-12-9-11-22(18-25)10-5-8-17-35-16-7-4-3-6-15-28-20-27(32)23-13-14-26(31)24(19-23)21-30/h9,11-14,18-19,27-28,30-32H,3-8,10,15-17,20-21H2,1-2H3/t27-/m1/s1. The van der Waals surface area contributed by atoms with Crippen molar-refractivity contribution in [1.82, 2.24) is 9.62 Å². The fraction of sp³-hybridized carbons (Fsp3) is 0.556. The number of rotatable bonds is 18. The molecule has 2 aromatic carbocycles. The largest absolute Gasteiger partial charge is 0.508 e. The summed E-state index contributed by atoms with van der Waals surface area (Å²) in [5, 5.41) is 32.3. The number of aliphatic hydroxyl groups is 2. The highest BCUT2D eigenvalue weighted by molar-refractivity contribution is 7.89. The number of benzene rings is 2. The second kappa shape index (κ2) is 16.0. The third kappa shape index (κ3) is 10.2. The lowest BCUT2D eigenvalue weighted by Crippen LogP contribution is -2.22. The Hall–Kier alpha value is -2.01. The Morgan fingerprint density at radius 3 is 2.42 bits per heavy atom. The molecule has 0 unspecified atom stereocenters. The van der Waals surface area contributed by atoms with Crippen LogP contribution in [0, 0.1) is 0 Å². The van der Waals surface area contributed by atoms with Gasteiger partial charge in [-0.05, 0) is 74.0 Å². The van der Waals surface area contributed by atoms with Gasteiger partial charge in [-0.2, -0.15) is 0 Å². The number of aromatic hydroxyl groups is 1. The van der Waals surface area contributed by atoms with E-state index in [0.717, 1.165) is 63.7 Å². The van der Waals surface area contributed by atoms with E-state index < -0.39 is 16.1 Å². The Balaban J connectivity index is 1.46. The molecule has 202 valence electrons. The third-order valence-electron chi connectivity index (χ3n) is 6.07. The number of unbranched alkanes of at least 4 members (excludes halogenated alkanes) is 4. The van der Waals surface area contributed by atoms with Crippen LogP contribution < -0.4 is 5.32 Å². The minimum Gasteiger partial charge on any atom is -0.508 e. The monoisotopic (exact) mass is 522 g/mol. The number of phenols is 1. The predicted molar refractivity (Wildman–Crippen MR) is 141 cm³/mol. The maximum atomic E-state index is 12.2. The van der Waals surface area contributed by atoms with Gasteiger partial charge in [-0.25, -0.2) is 12.7 Å². The van der Waals surface area contributed by atoms with Gasteiger partial charge >= 0.3 is 0 Å². The lowest BCUT2D eigenvalue weighted by molar-refractivity contribution is 0.126. The van der Waals surface area contributed by atoms with Crippen molar-refractivity contribution < 1.29 is 28.5 Å². The molecule has 4 N–H and O–H groups in total. The van der Waals surface area contributed by atoms with E-state index in [1.807, 2.05) is 6.07 Å². The number of hydrogen-bond donors (Lipinski definition) is 4. The number of hydrogen-bond acceptors (Lipinski definition) is 7. The molecule has 0 fully saturated rings. The Morgan fingerprint density at radius 2 is 1.69 bits per heavy atom. The van der Waals surface area contributed by atoms with Crippen LogP contribution in [-0.2, 0) is 27.8 Å². The van der Waals surface area contributed by atoms with Crippen molar-refractivity contribution in [1.29, 1.82) is 0 Å². The number of ether oxygens (including phenoxy) is 1. The van der Waals surface area contributed by atoms with Crippen LogP contribution in [0.2, 0.25) is 0 Å². The molecule has 0 saturated carbocycles. The van der Waals surface area contributed by atoms with Crippen LogP contribution in [0.1, 0.15) is 61.3 Å². The Bertz CT molecular complexity index is 1010. The van der Waals surface area contributed by atoms with Gasteiger partial charge in [0.1, 0.15) is 5.75 Å². The van der Waals surface area contributed by atoms with Gasteiger partial charge < -0.3 is 25.4 Å². The Kier molecular flexibility index (Phi) is 13.4. The molecule has 0 aliphatic rings. The van der Waals surface area contributed by atoms with Gasteiger partial charge in [0.2, 0.25) is 10.0 Å². The first-order valence-electron chi connectivity index (χ1n) is 12.7. The molecule has 0 radical (unpaired) electrons. The average Bonchev–Trinajstić information content (AvgIpc) is 2.87. The van der Waals surface area contributed by atoms with E-state index >= 15 is 0 Å². The van der Waals surface area contributed by atoms with Crippen LogP contribution in [0.15, 0.2) is 47.4 Å². The van der Waals surface area contributed by atoms with Gasteiger partial charge in [0.05, 0.1) is 17.6 Å². The lowest BCUT2D eigenvalue weighted by Gasteiger charge is -2.14. The molecule has 0 heterocycles. The van der Waals surface area contributed by atoms with E-state index in [1.54, 1.807) is 30.3 Å². The van der Waals surface area contributed by atoms with Gasteiger partial charge in [0.25, 0.3) is 0 Å². The van der Waals surface area contributed by atoms with Crippen LogP contribution in [0.4, 0.5) is 0 Å². The Labute approximate surface area is 216 Å². The molecule has 2 aromatic rings. The summed E-state index contributed by atoms with van der Waals surface area (Å²) in [6.45, 7) is 2.44. The second-order valence-electron chi connectivity index (χ2n) is 9.18. The van der Waals surface area contributed by atoms with E-state index in [1.165, 1.54) is 24.5 Å². The summed E-state index contributed by atoms with van der Waals surface area (Å²) in [4.78, 5) is 0.335. The van der Waals surface area contributed by atoms with Crippen LogP contribution in [0.3, 0.4) is 0 Å². The number of aliphatic hydroxyl groups excluding tert-OH is 2. The SMILES string of the molecule is CN(C)S(=O)(=O)c1cccc(CCCCOCCCCCCNC[C@@H](O)c2ccc(O)c(CO)c2)c1. The molecule has 0 saturated heterocycles. The van der Waals surface area contributed by atoms with Crippen molar-refractivity contribution in [3.8, 4) is 5.75 Å². The van der Waals surface area contributed by atoms with E-state index in [9.17, 15) is 23.7 Å². The number of nitrogens with one attached hydrogen (secondary N) is 1. The fourth-order valence-corrected chi connectivity index (χ4v) is 4.78. The summed E-state index contributed by atoms with van der Waals surface area (Å²) < 4.78 is 31.5. The summed E-state index contributed by atoms with van der Waals surface area (Å²) >= 11 is 0. The normalized spacial score (nSPS) is 12.8. The number of sulfonamides is 1. The quantitative estimate of drug-likeness (QED) is 0.222. The topological polar surface area (TPSA) is 119 Å². The minimum absolute atomic E-state index is 0.0337. The summed E-state index contributed by atoms with van der Waals surface area (Å²) in [7, 11) is -0.317. The summed E-state index contributed by atoms with van der Waals surface area (Å²) in [5.41, 5.74) is 2.11. The zero-order chi connectivity index (χ0) is 26.4. The zero-order valence-corrected chi connectivity index (χ0v) is 22.3. The molecule has 0 aromatic heterocycles. The minimum atomic E-state index is -3.40. The van der Waals surface area contributed by atoms with E-state index in [0.29, 0.717) is 29.2 Å². The van der Waals surface area contributed by atoms with Crippen molar-refractivity contribution in [2.45, 2.75) is 62.6 Å². The lowest BCUT2D eigenvalue weighted by atomic mass is 10.1. The van der Waals surface area contributed by atoms with Gasteiger partial charge in [-0.1, -0.05) is 31.0 Å². The molecule has 9 heteroatoms. The number of aryl methyl sites for hydroxylation is 1. The van der Waals surface area contributed by atoms with Crippen LogP contribution >= 0.6 is 0 Å². The molecule has 0 aliphatic heterocycles. The average molecular weight is 523 g/mol. The third-order valence-corrected chi connectivity index (χ3v) is 7.88. The maximum Gasteiger partial charge on any atom is 0.242 e. The molecule has 2 rings (SSSR count). The van der Waals surface area contributed by atoms with Crippen molar-refractivity contribution in [2.75, 3.05) is 40.4 Å². The first-order valence-corrected chi connectivity index (χ1v) is 14.1. The molecule has 36 heavy (non-hydrogen) atoms. The Morgan fingerprint density at radius 1 is 0.972 bits per heavy atom.